The zero-order valence-corrected chi connectivity index (χ0v) is 37.4. The van der Waals surface area contributed by atoms with Crippen molar-refractivity contribution in [2.24, 2.45) is 11.3 Å². The summed E-state index contributed by atoms with van der Waals surface area (Å²) < 4.78 is 46.9. The molecule has 3 aromatic rings. The van der Waals surface area contributed by atoms with Gasteiger partial charge in [0.1, 0.15) is 35.4 Å². The maximum Gasteiger partial charge on any atom is 0.408 e. The molecule has 0 spiro atoms. The lowest BCUT2D eigenvalue weighted by atomic mass is 9.92. The van der Waals surface area contributed by atoms with E-state index >= 15 is 0 Å². The number of benzene rings is 1. The number of nitrogens with one attached hydrogen (secondary N) is 3. The molecule has 1 saturated heterocycles. The summed E-state index contributed by atoms with van der Waals surface area (Å²) in [7, 11) is -2.11. The number of pyridine rings is 1. The second-order valence-corrected chi connectivity index (χ2v) is 20.8. The molecule has 3 amide bonds. The van der Waals surface area contributed by atoms with Crippen LogP contribution in [-0.4, -0.2) is 90.4 Å². The summed E-state index contributed by atoms with van der Waals surface area (Å²) in [5.74, 6) is 0.547. The largest absolute Gasteiger partial charge is 0.496 e. The highest BCUT2D eigenvalue weighted by molar-refractivity contribution is 7.90. The molecule has 0 radical (unpaired) electrons. The van der Waals surface area contributed by atoms with E-state index in [0.29, 0.717) is 73.3 Å². The Bertz CT molecular complexity index is 2250. The molecule has 14 nitrogen and oxygen atoms in total. The van der Waals surface area contributed by atoms with Gasteiger partial charge >= 0.3 is 6.09 Å². The number of hydrogen-bond acceptors (Lipinski definition) is 12. The lowest BCUT2D eigenvalue weighted by Crippen LogP contribution is -2.51. The number of carbonyl (C=O) groups is 3. The standard InChI is InChI=1S/C45H60N6O8S2/c1-27(2)46-43-48-37(26-60-43)36-23-39(34-18-19-38(57-4)28(3)40(34)47-36)58-32-22-30-20-21-45(42(53)50-61(55,56)33-16-17-33)24-29(45)12-8-6-5-7-9-15-35(41(52)51(30)25-32)49-44(54)59-31-13-10-11-14-31/h8,12,18-19,23,26-27,29-33,35H,5-7,9-11,13-17,20-22,24-25H2,1-4H3,(H,46,48)(H,49,54)(H,50,53)/b12-8-/t29?,30-,32-,35+,45+/m1/s1. The summed E-state index contributed by atoms with van der Waals surface area (Å²) in [6.45, 7) is 6.34. The topological polar surface area (TPSA) is 178 Å². The van der Waals surface area contributed by atoms with E-state index in [1.54, 1.807) is 7.11 Å². The third-order valence-corrected chi connectivity index (χ3v) is 15.7. The highest BCUT2D eigenvalue weighted by Crippen LogP contribution is 2.58. The lowest BCUT2D eigenvalue weighted by Gasteiger charge is -2.30. The highest BCUT2D eigenvalue weighted by atomic mass is 32.2. The third kappa shape index (κ3) is 9.80. The third-order valence-electron chi connectivity index (χ3n) is 13.1. The molecule has 5 aliphatic rings. The number of hydrogen-bond donors (Lipinski definition) is 3. The summed E-state index contributed by atoms with van der Waals surface area (Å²) >= 11 is 1.51. The molecule has 0 bridgehead atoms. The molecule has 3 N–H and O–H groups in total. The zero-order valence-electron chi connectivity index (χ0n) is 35.7. The number of aromatic nitrogens is 2. The van der Waals surface area contributed by atoms with E-state index in [9.17, 15) is 22.8 Å². The van der Waals surface area contributed by atoms with Crippen molar-refractivity contribution in [1.82, 2.24) is 24.9 Å². The molecule has 16 heteroatoms. The van der Waals surface area contributed by atoms with Gasteiger partial charge < -0.3 is 29.7 Å². The van der Waals surface area contributed by atoms with Gasteiger partial charge in [0.15, 0.2) is 5.13 Å². The van der Waals surface area contributed by atoms with Crippen LogP contribution in [0.15, 0.2) is 35.7 Å². The van der Waals surface area contributed by atoms with Gasteiger partial charge in [0.25, 0.3) is 0 Å². The molecule has 3 aliphatic carbocycles. The van der Waals surface area contributed by atoms with Crippen molar-refractivity contribution in [2.75, 3.05) is 19.0 Å². The molecule has 3 saturated carbocycles. The number of anilines is 1. The van der Waals surface area contributed by atoms with E-state index in [-0.39, 0.29) is 36.6 Å². The Morgan fingerprint density at radius 3 is 2.51 bits per heavy atom. The number of rotatable bonds is 11. The average molecular weight is 877 g/mol. The summed E-state index contributed by atoms with van der Waals surface area (Å²) in [5.41, 5.74) is 2.03. The Labute approximate surface area is 363 Å². The van der Waals surface area contributed by atoms with Gasteiger partial charge in [-0.25, -0.2) is 23.2 Å². The van der Waals surface area contributed by atoms with E-state index < -0.39 is 44.8 Å². The minimum absolute atomic E-state index is 0.0896. The molecule has 2 aromatic heterocycles. The van der Waals surface area contributed by atoms with Crippen molar-refractivity contribution >= 4 is 55.3 Å². The van der Waals surface area contributed by atoms with Gasteiger partial charge in [-0.15, -0.1) is 11.3 Å². The minimum Gasteiger partial charge on any atom is -0.496 e. The average Bonchev–Trinajstić information content (AvgIpc) is 4.02. The molecule has 330 valence electrons. The van der Waals surface area contributed by atoms with Crippen LogP contribution in [-0.2, 0) is 24.3 Å². The number of aryl methyl sites for hydroxylation is 1. The number of allylic oxidation sites excluding steroid dienone is 2. The van der Waals surface area contributed by atoms with Crippen molar-refractivity contribution in [3.05, 3.63) is 41.3 Å². The highest BCUT2D eigenvalue weighted by Gasteiger charge is 2.59. The molecule has 61 heavy (non-hydrogen) atoms. The summed E-state index contributed by atoms with van der Waals surface area (Å²) in [4.78, 5) is 53.8. The Kier molecular flexibility index (Phi) is 12.8. The number of carbonyl (C=O) groups excluding carboxylic acids is 3. The smallest absolute Gasteiger partial charge is 0.408 e. The molecule has 4 fully saturated rings. The molecular formula is C45H60N6O8S2. The second-order valence-electron chi connectivity index (χ2n) is 18.0. The van der Waals surface area contributed by atoms with Crippen molar-refractivity contribution in [1.29, 1.82) is 0 Å². The molecule has 1 aromatic carbocycles. The van der Waals surface area contributed by atoms with Crippen LogP contribution in [0.25, 0.3) is 22.3 Å². The van der Waals surface area contributed by atoms with Crippen LogP contribution in [0.5, 0.6) is 11.5 Å². The minimum atomic E-state index is -3.74. The van der Waals surface area contributed by atoms with Crippen LogP contribution in [0.3, 0.4) is 0 Å². The molecule has 2 aliphatic heterocycles. The quantitative estimate of drug-likeness (QED) is 0.160. The predicted octanol–water partition coefficient (Wildman–Crippen LogP) is 7.80. The van der Waals surface area contributed by atoms with Crippen molar-refractivity contribution in [3.8, 4) is 22.9 Å². The monoisotopic (exact) mass is 876 g/mol. The fourth-order valence-electron chi connectivity index (χ4n) is 9.42. The number of fused-ring (bicyclic) bond motifs is 3. The van der Waals surface area contributed by atoms with Crippen LogP contribution in [0, 0.1) is 18.3 Å². The Morgan fingerprint density at radius 1 is 0.967 bits per heavy atom. The number of amides is 3. The van der Waals surface area contributed by atoms with E-state index in [0.717, 1.165) is 67.4 Å². The van der Waals surface area contributed by atoms with Gasteiger partial charge in [0, 0.05) is 40.9 Å². The van der Waals surface area contributed by atoms with Crippen LogP contribution in [0.2, 0.25) is 0 Å². The molecule has 5 atom stereocenters. The Balaban J connectivity index is 1.10. The first kappa shape index (κ1) is 43.2. The Morgan fingerprint density at radius 2 is 1.75 bits per heavy atom. The van der Waals surface area contributed by atoms with Gasteiger partial charge in [0.05, 0.1) is 35.5 Å². The molecule has 4 heterocycles. The number of alkyl carbamates (subject to hydrolysis) is 1. The molecular weight excluding hydrogens is 817 g/mol. The lowest BCUT2D eigenvalue weighted by molar-refractivity contribution is -0.134. The zero-order chi connectivity index (χ0) is 42.9. The number of sulfonamides is 1. The fraction of sp³-hybridized carbons (Fsp3) is 0.622. The number of nitrogens with zero attached hydrogens (tertiary/aromatic N) is 3. The van der Waals surface area contributed by atoms with Crippen LogP contribution in [0.4, 0.5) is 9.93 Å². The maximum absolute atomic E-state index is 14.8. The van der Waals surface area contributed by atoms with Gasteiger partial charge in [-0.1, -0.05) is 25.0 Å². The first-order valence-electron chi connectivity index (χ1n) is 22.2. The number of thiazole rings is 1. The SMILES string of the molecule is COc1ccc2c(O[C@@H]3C[C@H]4CC[C@]5(C(=O)NS(=O)(=O)C6CC6)CC5/C=C\CCCCC[C@H](NC(=O)OC5CCCC5)C(=O)N4C3)cc(-c3csc(NC(C)C)n3)nc2c1C. The molecule has 1 unspecified atom stereocenters. The van der Waals surface area contributed by atoms with Crippen molar-refractivity contribution in [3.63, 3.8) is 0 Å². The number of methoxy groups -OCH3 is 1. The second kappa shape index (κ2) is 18.1. The summed E-state index contributed by atoms with van der Waals surface area (Å²) in [6.07, 6.45) is 13.5. The summed E-state index contributed by atoms with van der Waals surface area (Å²) in [6, 6.07) is 4.81. The van der Waals surface area contributed by atoms with Crippen LogP contribution < -0.4 is 24.8 Å². The van der Waals surface area contributed by atoms with Gasteiger partial charge in [-0.3, -0.25) is 14.3 Å². The van der Waals surface area contributed by atoms with E-state index in [4.69, 9.17) is 24.2 Å². The van der Waals surface area contributed by atoms with Crippen LogP contribution in [0.1, 0.15) is 116 Å². The van der Waals surface area contributed by atoms with Gasteiger partial charge in [-0.2, -0.15) is 0 Å². The van der Waals surface area contributed by atoms with E-state index in [1.807, 2.05) is 35.4 Å². The van der Waals surface area contributed by atoms with Crippen LogP contribution >= 0.6 is 11.3 Å². The van der Waals surface area contributed by atoms with Gasteiger partial charge in [0.2, 0.25) is 21.8 Å². The van der Waals surface area contributed by atoms with Gasteiger partial charge in [-0.05, 0) is 116 Å². The first-order valence-corrected chi connectivity index (χ1v) is 24.6. The Hall–Kier alpha value is -4.44. The maximum atomic E-state index is 14.8. The predicted molar refractivity (Wildman–Crippen MR) is 235 cm³/mol. The van der Waals surface area contributed by atoms with Crippen molar-refractivity contribution in [2.45, 2.75) is 153 Å². The summed E-state index contributed by atoms with van der Waals surface area (Å²) in [5, 5.41) is 9.37. The first-order chi connectivity index (χ1) is 29.3. The molecule has 8 rings (SSSR count). The normalized spacial score (nSPS) is 26.8. The van der Waals surface area contributed by atoms with E-state index in [1.165, 1.54) is 11.3 Å². The van der Waals surface area contributed by atoms with Crippen molar-refractivity contribution < 1.29 is 37.0 Å². The number of ether oxygens (including phenoxy) is 3. The fourth-order valence-corrected chi connectivity index (χ4v) is 11.7. The van der Waals surface area contributed by atoms with E-state index in [2.05, 4.69) is 41.4 Å².